The smallest absolute Gasteiger partial charge is 0.177 e. The number of aromatic nitrogens is 5. The minimum atomic E-state index is -0.234. The molecule has 4 aromatic rings. The van der Waals surface area contributed by atoms with Gasteiger partial charge in [-0.15, -0.1) is 0 Å². The minimum absolute atomic E-state index is 0.234. The van der Waals surface area contributed by atoms with Crippen LogP contribution in [0.3, 0.4) is 0 Å². The largest absolute Gasteiger partial charge is 0.325 e. The van der Waals surface area contributed by atoms with Gasteiger partial charge >= 0.3 is 0 Å². The van der Waals surface area contributed by atoms with Crippen LogP contribution in [0, 0.1) is 19.7 Å². The van der Waals surface area contributed by atoms with Crippen molar-refractivity contribution in [2.24, 2.45) is 7.05 Å². The van der Waals surface area contributed by atoms with Gasteiger partial charge in [0.1, 0.15) is 5.82 Å². The molecule has 3 heterocycles. The maximum Gasteiger partial charge on any atom is 0.177 e. The van der Waals surface area contributed by atoms with Crippen molar-refractivity contribution in [3.63, 3.8) is 0 Å². The van der Waals surface area contributed by atoms with Crippen molar-refractivity contribution in [3.8, 4) is 11.1 Å². The van der Waals surface area contributed by atoms with Gasteiger partial charge in [0.05, 0.1) is 17.5 Å². The van der Waals surface area contributed by atoms with E-state index in [1.165, 1.54) is 6.07 Å². The summed E-state index contributed by atoms with van der Waals surface area (Å²) in [5.74, 6) is -0.234. The number of nitrogens with zero attached hydrogens (tertiary/aromatic N) is 5. The molecule has 0 N–H and O–H groups in total. The first-order chi connectivity index (χ1) is 12.0. The Morgan fingerprint density at radius 2 is 1.96 bits per heavy atom. The van der Waals surface area contributed by atoms with E-state index in [9.17, 15) is 4.39 Å². The molecule has 126 valence electrons. The Hall–Kier alpha value is -3.02. The van der Waals surface area contributed by atoms with Gasteiger partial charge in [0.15, 0.2) is 5.65 Å². The second-order valence-corrected chi connectivity index (χ2v) is 6.24. The summed E-state index contributed by atoms with van der Waals surface area (Å²) in [6.07, 6.45) is 3.58. The second kappa shape index (κ2) is 5.81. The molecule has 0 aliphatic rings. The lowest BCUT2D eigenvalue weighted by atomic mass is 10.1. The maximum atomic E-state index is 13.4. The molecule has 0 unspecified atom stereocenters. The lowest BCUT2D eigenvalue weighted by Crippen LogP contribution is -1.99. The molecule has 0 fully saturated rings. The van der Waals surface area contributed by atoms with E-state index < -0.39 is 0 Å². The van der Waals surface area contributed by atoms with Crippen LogP contribution in [0.5, 0.6) is 0 Å². The molecule has 0 atom stereocenters. The van der Waals surface area contributed by atoms with Crippen molar-refractivity contribution in [1.29, 1.82) is 0 Å². The first kappa shape index (κ1) is 15.5. The van der Waals surface area contributed by atoms with E-state index >= 15 is 0 Å². The molecule has 0 aliphatic carbocycles. The van der Waals surface area contributed by atoms with Gasteiger partial charge in [0, 0.05) is 36.6 Å². The Bertz CT molecular complexity index is 1080. The van der Waals surface area contributed by atoms with Gasteiger partial charge in [-0.05, 0) is 37.6 Å². The summed E-state index contributed by atoms with van der Waals surface area (Å²) in [6.45, 7) is 4.59. The van der Waals surface area contributed by atoms with Crippen molar-refractivity contribution < 1.29 is 4.39 Å². The maximum absolute atomic E-state index is 13.4. The SMILES string of the molecule is Cc1nn(C)c(C)c1-c1cnc2ncn(Cc3cccc(F)c3)c2c1. The highest BCUT2D eigenvalue weighted by Crippen LogP contribution is 2.28. The van der Waals surface area contributed by atoms with E-state index in [0.717, 1.165) is 33.6 Å². The van der Waals surface area contributed by atoms with E-state index in [4.69, 9.17) is 0 Å². The molecule has 25 heavy (non-hydrogen) atoms. The Labute approximate surface area is 144 Å². The molecule has 0 saturated heterocycles. The van der Waals surface area contributed by atoms with Crippen LogP contribution in [0.15, 0.2) is 42.9 Å². The number of pyridine rings is 1. The zero-order valence-corrected chi connectivity index (χ0v) is 14.4. The average Bonchev–Trinajstić information content (AvgIpc) is 3.08. The standard InChI is InChI=1S/C19H18FN5/c1-12-18(13(2)24(3)23-12)15-8-17-19(21-9-15)22-11-25(17)10-14-5-4-6-16(20)7-14/h4-9,11H,10H2,1-3H3. The molecule has 0 aliphatic heterocycles. The Morgan fingerprint density at radius 3 is 2.68 bits per heavy atom. The van der Waals surface area contributed by atoms with Crippen LogP contribution in [0.4, 0.5) is 4.39 Å². The highest BCUT2D eigenvalue weighted by Gasteiger charge is 2.14. The molecule has 1 aromatic carbocycles. The zero-order chi connectivity index (χ0) is 17.6. The van der Waals surface area contributed by atoms with Crippen LogP contribution < -0.4 is 0 Å². The molecule has 0 amide bonds. The molecule has 0 radical (unpaired) electrons. The van der Waals surface area contributed by atoms with Gasteiger partial charge in [-0.3, -0.25) is 4.68 Å². The van der Waals surface area contributed by atoms with Crippen LogP contribution >= 0.6 is 0 Å². The molecular formula is C19H18FN5. The van der Waals surface area contributed by atoms with E-state index in [1.54, 1.807) is 18.5 Å². The molecule has 4 rings (SSSR count). The predicted octanol–water partition coefficient (Wildman–Crippen LogP) is 3.64. The summed E-state index contributed by atoms with van der Waals surface area (Å²) in [5, 5.41) is 4.48. The van der Waals surface area contributed by atoms with E-state index in [1.807, 2.05) is 42.4 Å². The van der Waals surface area contributed by atoms with Crippen molar-refractivity contribution in [2.75, 3.05) is 0 Å². The van der Waals surface area contributed by atoms with E-state index in [2.05, 4.69) is 21.1 Å². The number of fused-ring (bicyclic) bond motifs is 1. The number of hydrogen-bond donors (Lipinski definition) is 0. The quantitative estimate of drug-likeness (QED) is 0.574. The summed E-state index contributed by atoms with van der Waals surface area (Å²) in [4.78, 5) is 8.85. The summed E-state index contributed by atoms with van der Waals surface area (Å²) in [5.41, 5.74) is 6.65. The Kier molecular flexibility index (Phi) is 3.60. The summed E-state index contributed by atoms with van der Waals surface area (Å²) in [7, 11) is 1.94. The summed E-state index contributed by atoms with van der Waals surface area (Å²) >= 11 is 0. The fourth-order valence-electron chi connectivity index (χ4n) is 3.23. The van der Waals surface area contributed by atoms with E-state index in [-0.39, 0.29) is 5.82 Å². The number of imidazole rings is 1. The van der Waals surface area contributed by atoms with Crippen LogP contribution in [0.25, 0.3) is 22.3 Å². The molecule has 3 aromatic heterocycles. The van der Waals surface area contributed by atoms with Crippen molar-refractivity contribution >= 4 is 11.2 Å². The monoisotopic (exact) mass is 335 g/mol. The van der Waals surface area contributed by atoms with Gasteiger partial charge in [-0.25, -0.2) is 14.4 Å². The van der Waals surface area contributed by atoms with Crippen molar-refractivity contribution in [1.82, 2.24) is 24.3 Å². The van der Waals surface area contributed by atoms with Crippen LogP contribution in [0.2, 0.25) is 0 Å². The first-order valence-corrected chi connectivity index (χ1v) is 8.09. The van der Waals surface area contributed by atoms with Gasteiger partial charge in [0.25, 0.3) is 0 Å². The van der Waals surface area contributed by atoms with Gasteiger partial charge in [-0.2, -0.15) is 5.10 Å². The molecule has 0 bridgehead atoms. The molecule has 0 spiro atoms. The predicted molar refractivity (Wildman–Crippen MR) is 94.7 cm³/mol. The highest BCUT2D eigenvalue weighted by molar-refractivity contribution is 5.80. The van der Waals surface area contributed by atoms with Gasteiger partial charge < -0.3 is 4.57 Å². The van der Waals surface area contributed by atoms with Crippen LogP contribution in [-0.4, -0.2) is 24.3 Å². The lowest BCUT2D eigenvalue weighted by molar-refractivity contribution is 0.624. The normalized spacial score (nSPS) is 11.4. The third-order valence-corrected chi connectivity index (χ3v) is 4.52. The average molecular weight is 335 g/mol. The van der Waals surface area contributed by atoms with E-state index in [0.29, 0.717) is 12.2 Å². The number of rotatable bonds is 3. The Morgan fingerprint density at radius 1 is 1.12 bits per heavy atom. The fourth-order valence-corrected chi connectivity index (χ4v) is 3.23. The third kappa shape index (κ3) is 2.69. The minimum Gasteiger partial charge on any atom is -0.325 e. The van der Waals surface area contributed by atoms with Gasteiger partial charge in [0.2, 0.25) is 0 Å². The summed E-state index contributed by atoms with van der Waals surface area (Å²) in [6, 6.07) is 8.69. The molecular weight excluding hydrogens is 317 g/mol. The third-order valence-electron chi connectivity index (χ3n) is 4.52. The molecule has 0 saturated carbocycles. The number of halogens is 1. The fraction of sp³-hybridized carbons (Fsp3) is 0.211. The molecule has 5 nitrogen and oxygen atoms in total. The zero-order valence-electron chi connectivity index (χ0n) is 14.4. The summed E-state index contributed by atoms with van der Waals surface area (Å²) < 4.78 is 17.3. The van der Waals surface area contributed by atoms with Crippen molar-refractivity contribution in [3.05, 3.63) is 65.6 Å². The number of hydrogen-bond acceptors (Lipinski definition) is 3. The molecule has 6 heteroatoms. The van der Waals surface area contributed by atoms with Crippen molar-refractivity contribution in [2.45, 2.75) is 20.4 Å². The number of aryl methyl sites for hydroxylation is 2. The second-order valence-electron chi connectivity index (χ2n) is 6.24. The highest BCUT2D eigenvalue weighted by atomic mass is 19.1. The topological polar surface area (TPSA) is 48.5 Å². The number of benzene rings is 1. The van der Waals surface area contributed by atoms with Crippen LogP contribution in [0.1, 0.15) is 17.0 Å². The lowest BCUT2D eigenvalue weighted by Gasteiger charge is -2.07. The Balaban J connectivity index is 1.80. The van der Waals surface area contributed by atoms with Crippen LogP contribution in [-0.2, 0) is 13.6 Å². The van der Waals surface area contributed by atoms with Gasteiger partial charge in [-0.1, -0.05) is 12.1 Å². The first-order valence-electron chi connectivity index (χ1n) is 8.09.